The fourth-order valence-electron chi connectivity index (χ4n) is 2.86. The van der Waals surface area contributed by atoms with Crippen LogP contribution in [0, 0.1) is 17.7 Å². The lowest BCUT2D eigenvalue weighted by atomic mass is 9.95. The topological polar surface area (TPSA) is 55.1 Å². The third kappa shape index (κ3) is 3.52. The number of halogens is 1. The van der Waals surface area contributed by atoms with Crippen molar-refractivity contribution in [2.75, 3.05) is 12.8 Å². The largest absolute Gasteiger partial charge is 0.352 e. The van der Waals surface area contributed by atoms with Gasteiger partial charge in [0.05, 0.1) is 0 Å². The van der Waals surface area contributed by atoms with E-state index >= 15 is 0 Å². The zero-order chi connectivity index (χ0) is 14.5. The van der Waals surface area contributed by atoms with Crippen LogP contribution in [0.15, 0.2) is 23.1 Å². The smallest absolute Gasteiger partial charge is 0.223 e. The van der Waals surface area contributed by atoms with Gasteiger partial charge in [-0.05, 0) is 55.3 Å². The van der Waals surface area contributed by atoms with Crippen molar-refractivity contribution in [3.8, 4) is 0 Å². The van der Waals surface area contributed by atoms with Gasteiger partial charge >= 0.3 is 0 Å². The van der Waals surface area contributed by atoms with Crippen LogP contribution >= 0.6 is 11.8 Å². The highest BCUT2D eigenvalue weighted by Gasteiger charge is 2.31. The van der Waals surface area contributed by atoms with E-state index in [1.165, 1.54) is 12.1 Å². The second-order valence-electron chi connectivity index (χ2n) is 5.21. The van der Waals surface area contributed by atoms with E-state index in [-0.39, 0.29) is 17.6 Å². The lowest BCUT2D eigenvalue weighted by Gasteiger charge is -2.18. The van der Waals surface area contributed by atoms with Crippen molar-refractivity contribution < 1.29 is 9.18 Å². The third-order valence-electron chi connectivity index (χ3n) is 3.99. The fourth-order valence-corrected chi connectivity index (χ4v) is 3.46. The molecular weight excluding hydrogens is 275 g/mol. The van der Waals surface area contributed by atoms with Crippen molar-refractivity contribution in [2.24, 2.45) is 17.6 Å². The monoisotopic (exact) mass is 296 g/mol. The van der Waals surface area contributed by atoms with Crippen molar-refractivity contribution >= 4 is 17.7 Å². The summed E-state index contributed by atoms with van der Waals surface area (Å²) in [5.41, 5.74) is 6.53. The molecule has 1 fully saturated rings. The van der Waals surface area contributed by atoms with Gasteiger partial charge in [0.15, 0.2) is 0 Å². The Hall–Kier alpha value is -1.07. The number of thioether (sulfide) groups is 1. The quantitative estimate of drug-likeness (QED) is 0.821. The molecule has 0 spiro atoms. The van der Waals surface area contributed by atoms with E-state index in [4.69, 9.17) is 5.73 Å². The minimum Gasteiger partial charge on any atom is -0.352 e. The predicted octanol–water partition coefficient (Wildman–Crippen LogP) is 2.54. The van der Waals surface area contributed by atoms with E-state index in [0.29, 0.717) is 19.0 Å². The molecule has 0 unspecified atom stereocenters. The summed E-state index contributed by atoms with van der Waals surface area (Å²) in [5, 5.41) is 2.93. The summed E-state index contributed by atoms with van der Waals surface area (Å²) in [6.07, 6.45) is 4.95. The first-order chi connectivity index (χ1) is 9.65. The Balaban J connectivity index is 1.98. The van der Waals surface area contributed by atoms with Crippen LogP contribution in [0.2, 0.25) is 0 Å². The Labute approximate surface area is 123 Å². The summed E-state index contributed by atoms with van der Waals surface area (Å²) in [7, 11) is 0. The Morgan fingerprint density at radius 1 is 1.50 bits per heavy atom. The van der Waals surface area contributed by atoms with Gasteiger partial charge in [-0.1, -0.05) is 6.42 Å². The van der Waals surface area contributed by atoms with E-state index in [0.717, 1.165) is 29.7 Å². The van der Waals surface area contributed by atoms with Crippen LogP contribution in [-0.4, -0.2) is 18.7 Å². The zero-order valence-corrected chi connectivity index (χ0v) is 12.5. The lowest BCUT2D eigenvalue weighted by Crippen LogP contribution is -2.34. The maximum absolute atomic E-state index is 13.3. The molecule has 0 radical (unpaired) electrons. The number of amides is 1. The molecule has 1 aromatic rings. The number of rotatable bonds is 5. The summed E-state index contributed by atoms with van der Waals surface area (Å²) in [6, 6.07) is 4.68. The lowest BCUT2D eigenvalue weighted by molar-refractivity contribution is -0.126. The highest BCUT2D eigenvalue weighted by molar-refractivity contribution is 7.98. The Bertz CT molecular complexity index is 481. The first-order valence-electron chi connectivity index (χ1n) is 6.96. The number of nitrogens with one attached hydrogen (secondary N) is 1. The number of benzene rings is 1. The molecule has 0 bridgehead atoms. The molecular formula is C15H21FN2OS. The minimum absolute atomic E-state index is 0.0197. The number of hydrogen-bond donors (Lipinski definition) is 2. The summed E-state index contributed by atoms with van der Waals surface area (Å²) < 4.78 is 13.3. The van der Waals surface area contributed by atoms with Crippen molar-refractivity contribution in [2.45, 2.75) is 30.7 Å². The second kappa shape index (κ2) is 7.09. The van der Waals surface area contributed by atoms with Gasteiger partial charge in [-0.25, -0.2) is 4.39 Å². The van der Waals surface area contributed by atoms with Crippen molar-refractivity contribution in [3.63, 3.8) is 0 Å². The SMILES string of the molecule is CSc1ccc(F)cc1CNC(=O)[C@@H]1CCC[C@@H]1CN. The van der Waals surface area contributed by atoms with Crippen molar-refractivity contribution in [1.29, 1.82) is 0 Å². The fraction of sp³-hybridized carbons (Fsp3) is 0.533. The minimum atomic E-state index is -0.271. The normalized spacial score (nSPS) is 21.9. The molecule has 20 heavy (non-hydrogen) atoms. The second-order valence-corrected chi connectivity index (χ2v) is 6.06. The molecule has 2 atom stereocenters. The number of hydrogen-bond acceptors (Lipinski definition) is 3. The number of carbonyl (C=O) groups is 1. The van der Waals surface area contributed by atoms with Crippen LogP contribution in [-0.2, 0) is 11.3 Å². The van der Waals surface area contributed by atoms with Gasteiger partial charge in [-0.3, -0.25) is 4.79 Å². The maximum atomic E-state index is 13.3. The van der Waals surface area contributed by atoms with Crippen molar-refractivity contribution in [1.82, 2.24) is 5.32 Å². The predicted molar refractivity (Wildman–Crippen MR) is 79.9 cm³/mol. The number of carbonyl (C=O) groups excluding carboxylic acids is 1. The Morgan fingerprint density at radius 2 is 2.30 bits per heavy atom. The molecule has 5 heteroatoms. The first kappa shape index (κ1) is 15.3. The molecule has 0 heterocycles. The van der Waals surface area contributed by atoms with E-state index in [1.54, 1.807) is 17.8 Å². The van der Waals surface area contributed by atoms with Crippen molar-refractivity contribution in [3.05, 3.63) is 29.6 Å². The summed E-state index contributed by atoms with van der Waals surface area (Å²) >= 11 is 1.56. The molecule has 2 rings (SSSR count). The molecule has 3 nitrogen and oxygen atoms in total. The average molecular weight is 296 g/mol. The van der Waals surface area contributed by atoms with Gasteiger partial charge in [-0.15, -0.1) is 11.8 Å². The van der Waals surface area contributed by atoms with Crippen LogP contribution in [0.4, 0.5) is 4.39 Å². The molecule has 110 valence electrons. The highest BCUT2D eigenvalue weighted by atomic mass is 32.2. The Morgan fingerprint density at radius 3 is 3.00 bits per heavy atom. The molecule has 1 aromatic carbocycles. The van der Waals surface area contributed by atoms with E-state index in [1.807, 2.05) is 6.26 Å². The van der Waals surface area contributed by atoms with Crippen LogP contribution in [0.1, 0.15) is 24.8 Å². The van der Waals surface area contributed by atoms with E-state index in [2.05, 4.69) is 5.32 Å². The molecule has 1 amide bonds. The third-order valence-corrected chi connectivity index (χ3v) is 4.83. The summed E-state index contributed by atoms with van der Waals surface area (Å²) in [6.45, 7) is 0.939. The van der Waals surface area contributed by atoms with E-state index in [9.17, 15) is 9.18 Å². The molecule has 1 aliphatic rings. The van der Waals surface area contributed by atoms with Crippen LogP contribution in [0.25, 0.3) is 0 Å². The zero-order valence-electron chi connectivity index (χ0n) is 11.7. The van der Waals surface area contributed by atoms with Gasteiger partial charge in [0.1, 0.15) is 5.82 Å². The first-order valence-corrected chi connectivity index (χ1v) is 8.18. The van der Waals surface area contributed by atoms with Crippen LogP contribution in [0.5, 0.6) is 0 Å². The maximum Gasteiger partial charge on any atom is 0.223 e. The van der Waals surface area contributed by atoms with Gasteiger partial charge in [0.2, 0.25) is 5.91 Å². The van der Waals surface area contributed by atoms with Crippen LogP contribution < -0.4 is 11.1 Å². The Kier molecular flexibility index (Phi) is 5.43. The highest BCUT2D eigenvalue weighted by Crippen LogP contribution is 2.31. The van der Waals surface area contributed by atoms with Crippen LogP contribution in [0.3, 0.4) is 0 Å². The van der Waals surface area contributed by atoms with Gasteiger partial charge in [0, 0.05) is 17.4 Å². The van der Waals surface area contributed by atoms with Gasteiger partial charge < -0.3 is 11.1 Å². The summed E-state index contributed by atoms with van der Waals surface area (Å²) in [5.74, 6) is 0.0934. The molecule has 1 aliphatic carbocycles. The molecule has 0 saturated heterocycles. The summed E-state index contributed by atoms with van der Waals surface area (Å²) in [4.78, 5) is 13.2. The van der Waals surface area contributed by atoms with Gasteiger partial charge in [0.25, 0.3) is 0 Å². The average Bonchev–Trinajstić information content (AvgIpc) is 2.93. The molecule has 0 aliphatic heterocycles. The number of nitrogens with two attached hydrogens (primary N) is 1. The van der Waals surface area contributed by atoms with Gasteiger partial charge in [-0.2, -0.15) is 0 Å². The molecule has 0 aromatic heterocycles. The van der Waals surface area contributed by atoms with E-state index < -0.39 is 0 Å². The molecule has 3 N–H and O–H groups in total. The molecule has 1 saturated carbocycles. The standard InChI is InChI=1S/C15H21FN2OS/c1-20-14-6-5-12(16)7-11(14)9-18-15(19)13-4-2-3-10(13)8-17/h5-7,10,13H,2-4,8-9,17H2,1H3,(H,18,19)/t10-,13-/m1/s1.